The molecule has 1 aliphatic rings. The van der Waals surface area contributed by atoms with Crippen molar-refractivity contribution in [3.63, 3.8) is 0 Å². The van der Waals surface area contributed by atoms with Crippen LogP contribution >= 0.6 is 11.6 Å². The van der Waals surface area contributed by atoms with E-state index in [1.807, 2.05) is 18.2 Å². The first kappa shape index (κ1) is 19.2. The standard InChI is InChI=1S/C21H20ClN5O2/c1-27-19(28)10-17(26-15-6-7-18(15)29-2)12-4-3-5-16(20(12)27)25-14-8-9-24-21(22)13(14)11-23/h3-5,8-10,15,18,26H,6-7H2,1-2H3,(H,24,25)/t15-,18-/m1/s1. The van der Waals surface area contributed by atoms with Crippen molar-refractivity contribution in [3.05, 3.63) is 57.6 Å². The van der Waals surface area contributed by atoms with E-state index < -0.39 is 0 Å². The lowest BCUT2D eigenvalue weighted by Gasteiger charge is -2.36. The van der Waals surface area contributed by atoms with E-state index in [0.717, 1.165) is 29.4 Å². The summed E-state index contributed by atoms with van der Waals surface area (Å²) in [7, 11) is 3.43. The summed E-state index contributed by atoms with van der Waals surface area (Å²) in [4.78, 5) is 16.6. The molecule has 0 spiro atoms. The third kappa shape index (κ3) is 3.41. The fourth-order valence-electron chi connectivity index (χ4n) is 3.66. The van der Waals surface area contributed by atoms with Crippen LogP contribution in [0.5, 0.6) is 0 Å². The second kappa shape index (κ2) is 7.74. The number of anilines is 3. The second-order valence-corrected chi connectivity index (χ2v) is 7.38. The largest absolute Gasteiger partial charge is 0.379 e. The number of benzene rings is 1. The van der Waals surface area contributed by atoms with E-state index >= 15 is 0 Å². The maximum Gasteiger partial charge on any atom is 0.252 e. The van der Waals surface area contributed by atoms with Gasteiger partial charge >= 0.3 is 0 Å². The quantitative estimate of drug-likeness (QED) is 0.623. The summed E-state index contributed by atoms with van der Waals surface area (Å²) in [5, 5.41) is 17.2. The number of hydrogen-bond acceptors (Lipinski definition) is 6. The molecule has 2 heterocycles. The zero-order chi connectivity index (χ0) is 20.5. The molecule has 0 radical (unpaired) electrons. The van der Waals surface area contributed by atoms with Gasteiger partial charge in [0, 0.05) is 37.5 Å². The van der Waals surface area contributed by atoms with E-state index in [4.69, 9.17) is 16.3 Å². The van der Waals surface area contributed by atoms with Gasteiger partial charge in [0.2, 0.25) is 0 Å². The molecular weight excluding hydrogens is 390 g/mol. The number of aromatic nitrogens is 2. The first-order valence-corrected chi connectivity index (χ1v) is 9.65. The van der Waals surface area contributed by atoms with Crippen molar-refractivity contribution in [1.29, 1.82) is 5.26 Å². The van der Waals surface area contributed by atoms with E-state index in [2.05, 4.69) is 21.7 Å². The first-order valence-electron chi connectivity index (χ1n) is 9.27. The number of fused-ring (bicyclic) bond motifs is 1. The Morgan fingerprint density at radius 2 is 2.10 bits per heavy atom. The maximum absolute atomic E-state index is 12.7. The Morgan fingerprint density at radius 3 is 2.79 bits per heavy atom. The van der Waals surface area contributed by atoms with Crippen LogP contribution in [0.4, 0.5) is 17.1 Å². The first-order chi connectivity index (χ1) is 14.0. The van der Waals surface area contributed by atoms with Gasteiger partial charge in [-0.25, -0.2) is 4.98 Å². The fraction of sp³-hybridized carbons (Fsp3) is 0.286. The number of hydrogen-bond donors (Lipinski definition) is 2. The van der Waals surface area contributed by atoms with E-state index in [1.54, 1.807) is 30.9 Å². The molecule has 1 aliphatic carbocycles. The maximum atomic E-state index is 12.7. The number of para-hydroxylation sites is 1. The minimum Gasteiger partial charge on any atom is -0.379 e. The Balaban J connectivity index is 1.82. The zero-order valence-corrected chi connectivity index (χ0v) is 16.8. The Labute approximate surface area is 172 Å². The molecule has 1 aromatic carbocycles. The van der Waals surface area contributed by atoms with E-state index in [-0.39, 0.29) is 28.4 Å². The van der Waals surface area contributed by atoms with Gasteiger partial charge in [-0.2, -0.15) is 5.26 Å². The van der Waals surface area contributed by atoms with Crippen molar-refractivity contribution in [3.8, 4) is 6.07 Å². The minimum atomic E-state index is -0.129. The van der Waals surface area contributed by atoms with Crippen molar-refractivity contribution in [2.75, 3.05) is 17.7 Å². The summed E-state index contributed by atoms with van der Waals surface area (Å²) in [6.07, 6.45) is 3.68. The Kier molecular flexibility index (Phi) is 5.14. The molecule has 29 heavy (non-hydrogen) atoms. The van der Waals surface area contributed by atoms with Gasteiger partial charge in [0.25, 0.3) is 5.56 Å². The average Bonchev–Trinajstić information content (AvgIpc) is 2.69. The highest BCUT2D eigenvalue weighted by Crippen LogP contribution is 2.34. The summed E-state index contributed by atoms with van der Waals surface area (Å²) < 4.78 is 7.06. The SMILES string of the molecule is CO[C@@H]1CC[C@H]1Nc1cc(=O)n(C)c2c(Nc3ccnc(Cl)c3C#N)cccc12. The number of nitrogens with zero attached hydrogens (tertiary/aromatic N) is 3. The molecule has 0 amide bonds. The second-order valence-electron chi connectivity index (χ2n) is 7.02. The lowest BCUT2D eigenvalue weighted by molar-refractivity contribution is 0.0287. The number of halogens is 1. The topological polar surface area (TPSA) is 92.0 Å². The molecule has 0 aliphatic heterocycles. The Hall–Kier alpha value is -3.08. The smallest absolute Gasteiger partial charge is 0.252 e. The molecular formula is C21H20ClN5O2. The van der Waals surface area contributed by atoms with Gasteiger partial charge in [0.15, 0.2) is 0 Å². The van der Waals surface area contributed by atoms with Crippen LogP contribution in [0, 0.1) is 11.3 Å². The van der Waals surface area contributed by atoms with Crippen LogP contribution in [-0.2, 0) is 11.8 Å². The predicted octanol–water partition coefficient (Wildman–Crippen LogP) is 3.79. The van der Waals surface area contributed by atoms with Gasteiger partial charge < -0.3 is 19.9 Å². The Morgan fingerprint density at radius 1 is 1.28 bits per heavy atom. The monoisotopic (exact) mass is 409 g/mol. The highest BCUT2D eigenvalue weighted by atomic mass is 35.5. The van der Waals surface area contributed by atoms with Crippen LogP contribution in [0.1, 0.15) is 18.4 Å². The summed E-state index contributed by atoms with van der Waals surface area (Å²) in [5.74, 6) is 0. The van der Waals surface area contributed by atoms with E-state index in [0.29, 0.717) is 11.4 Å². The van der Waals surface area contributed by atoms with Crippen LogP contribution in [-0.4, -0.2) is 28.8 Å². The number of nitrogens with one attached hydrogen (secondary N) is 2. The number of nitriles is 1. The predicted molar refractivity (Wildman–Crippen MR) is 114 cm³/mol. The summed E-state index contributed by atoms with van der Waals surface area (Å²) >= 11 is 6.05. The molecule has 1 fully saturated rings. The molecule has 8 heteroatoms. The number of pyridine rings is 2. The van der Waals surface area contributed by atoms with E-state index in [1.165, 1.54) is 6.20 Å². The van der Waals surface area contributed by atoms with Crippen LogP contribution in [0.2, 0.25) is 5.15 Å². The average molecular weight is 410 g/mol. The number of aryl methyl sites for hydroxylation is 1. The van der Waals surface area contributed by atoms with Crippen molar-refractivity contribution < 1.29 is 4.74 Å². The lowest BCUT2D eigenvalue weighted by Crippen LogP contribution is -2.44. The third-order valence-corrected chi connectivity index (χ3v) is 5.69. The van der Waals surface area contributed by atoms with Crippen molar-refractivity contribution >= 4 is 39.6 Å². The molecule has 1 saturated carbocycles. The van der Waals surface area contributed by atoms with Crippen LogP contribution in [0.15, 0.2) is 41.3 Å². The summed E-state index contributed by atoms with van der Waals surface area (Å²) in [6, 6.07) is 11.3. The number of methoxy groups -OCH3 is 1. The molecule has 2 aromatic heterocycles. The van der Waals surface area contributed by atoms with Gasteiger partial charge in [0.05, 0.1) is 29.0 Å². The normalized spacial score (nSPS) is 18.1. The van der Waals surface area contributed by atoms with Crippen molar-refractivity contribution in [2.24, 2.45) is 7.05 Å². The molecule has 0 saturated heterocycles. The molecule has 3 aromatic rings. The van der Waals surface area contributed by atoms with Crippen LogP contribution in [0.25, 0.3) is 10.9 Å². The summed E-state index contributed by atoms with van der Waals surface area (Å²) in [6.45, 7) is 0. The van der Waals surface area contributed by atoms with Crippen LogP contribution < -0.4 is 16.2 Å². The van der Waals surface area contributed by atoms with Gasteiger partial charge in [0.1, 0.15) is 16.8 Å². The molecule has 0 unspecified atom stereocenters. The molecule has 0 bridgehead atoms. The van der Waals surface area contributed by atoms with Gasteiger partial charge in [-0.05, 0) is 25.0 Å². The highest BCUT2D eigenvalue weighted by Gasteiger charge is 2.31. The van der Waals surface area contributed by atoms with Gasteiger partial charge in [-0.3, -0.25) is 4.79 Å². The molecule has 4 rings (SSSR count). The number of rotatable bonds is 5. The lowest BCUT2D eigenvalue weighted by atomic mass is 9.88. The van der Waals surface area contributed by atoms with Gasteiger partial charge in [-0.1, -0.05) is 23.7 Å². The van der Waals surface area contributed by atoms with Gasteiger partial charge in [-0.15, -0.1) is 0 Å². The molecule has 7 nitrogen and oxygen atoms in total. The van der Waals surface area contributed by atoms with Crippen LogP contribution in [0.3, 0.4) is 0 Å². The molecule has 148 valence electrons. The zero-order valence-electron chi connectivity index (χ0n) is 16.1. The highest BCUT2D eigenvalue weighted by molar-refractivity contribution is 6.31. The molecule has 2 atom stereocenters. The fourth-order valence-corrected chi connectivity index (χ4v) is 3.86. The summed E-state index contributed by atoms with van der Waals surface area (Å²) in [5.41, 5.74) is 2.85. The van der Waals surface area contributed by atoms with E-state index in [9.17, 15) is 10.1 Å². The Bertz CT molecular complexity index is 1180. The minimum absolute atomic E-state index is 0.129. The number of ether oxygens (including phenoxy) is 1. The van der Waals surface area contributed by atoms with Crippen molar-refractivity contribution in [2.45, 2.75) is 25.0 Å². The third-order valence-electron chi connectivity index (χ3n) is 5.40. The van der Waals surface area contributed by atoms with Crippen molar-refractivity contribution in [1.82, 2.24) is 9.55 Å². The molecule has 2 N–H and O–H groups in total.